The lowest BCUT2D eigenvalue weighted by molar-refractivity contribution is 0.102. The molecule has 3 aromatic heterocycles. The topological polar surface area (TPSA) is 79.5 Å². The standard InChI is InChI=1S/C22H24FN7O/c1-13-8-16(19-17(12-28(3)27-19)20(13)29-6-4-24-5-7-29)22(31)26-15-9-18(23)21-25-14(2)10-30(21)11-15/h8-12,24H,4-7H2,1-3H3,(H,26,31). The van der Waals surface area contributed by atoms with E-state index in [2.05, 4.69) is 25.6 Å². The number of rotatable bonds is 3. The molecule has 0 unspecified atom stereocenters. The Hall–Kier alpha value is -3.46. The summed E-state index contributed by atoms with van der Waals surface area (Å²) in [6.45, 7) is 7.46. The van der Waals surface area contributed by atoms with Crippen molar-refractivity contribution in [2.45, 2.75) is 13.8 Å². The number of fused-ring (bicyclic) bond motifs is 2. The lowest BCUT2D eigenvalue weighted by atomic mass is 10.0. The second kappa shape index (κ2) is 7.35. The molecule has 0 spiro atoms. The van der Waals surface area contributed by atoms with E-state index in [0.717, 1.165) is 42.8 Å². The van der Waals surface area contributed by atoms with Gasteiger partial charge in [0.2, 0.25) is 0 Å². The Morgan fingerprint density at radius 2 is 1.94 bits per heavy atom. The average Bonchev–Trinajstić information content (AvgIpc) is 3.29. The van der Waals surface area contributed by atoms with Gasteiger partial charge in [-0.1, -0.05) is 0 Å². The van der Waals surface area contributed by atoms with E-state index in [9.17, 15) is 9.18 Å². The number of benzene rings is 1. The van der Waals surface area contributed by atoms with Gasteiger partial charge in [0.15, 0.2) is 11.5 Å². The number of aromatic nitrogens is 4. The molecular formula is C22H24FN7O. The van der Waals surface area contributed by atoms with Crippen LogP contribution < -0.4 is 15.5 Å². The van der Waals surface area contributed by atoms with Crippen molar-refractivity contribution in [1.82, 2.24) is 24.5 Å². The Bertz CT molecular complexity index is 1320. The molecule has 1 saturated heterocycles. The third kappa shape index (κ3) is 3.40. The molecule has 9 heteroatoms. The van der Waals surface area contributed by atoms with Gasteiger partial charge in [-0.15, -0.1) is 0 Å². The van der Waals surface area contributed by atoms with E-state index in [1.807, 2.05) is 26.2 Å². The molecule has 1 amide bonds. The molecule has 4 heterocycles. The highest BCUT2D eigenvalue weighted by Crippen LogP contribution is 2.33. The predicted octanol–water partition coefficient (Wildman–Crippen LogP) is 2.64. The number of halogens is 1. The zero-order valence-corrected chi connectivity index (χ0v) is 17.7. The molecule has 0 radical (unpaired) electrons. The third-order valence-electron chi connectivity index (χ3n) is 5.64. The molecule has 0 atom stereocenters. The van der Waals surface area contributed by atoms with Crippen LogP contribution in [-0.4, -0.2) is 51.3 Å². The first-order chi connectivity index (χ1) is 14.9. The molecule has 2 N–H and O–H groups in total. The number of pyridine rings is 1. The molecule has 0 saturated carbocycles. The summed E-state index contributed by atoms with van der Waals surface area (Å²) in [5, 5.41) is 11.7. The van der Waals surface area contributed by atoms with E-state index in [1.54, 1.807) is 28.4 Å². The lowest BCUT2D eigenvalue weighted by Gasteiger charge is -2.31. The van der Waals surface area contributed by atoms with Gasteiger partial charge in [0.1, 0.15) is 5.52 Å². The van der Waals surface area contributed by atoms with Crippen LogP contribution in [0, 0.1) is 19.7 Å². The molecule has 0 bridgehead atoms. The second-order valence-corrected chi connectivity index (χ2v) is 8.04. The molecule has 4 aromatic rings. The van der Waals surface area contributed by atoms with Gasteiger partial charge < -0.3 is 19.9 Å². The van der Waals surface area contributed by atoms with Gasteiger partial charge in [-0.3, -0.25) is 9.48 Å². The maximum absolute atomic E-state index is 14.4. The smallest absolute Gasteiger partial charge is 0.258 e. The SMILES string of the molecule is Cc1cn2cc(NC(=O)c3cc(C)c(N4CCNCC4)c4cn(C)nc34)cc(F)c2n1. The van der Waals surface area contributed by atoms with E-state index in [4.69, 9.17) is 0 Å². The third-order valence-corrected chi connectivity index (χ3v) is 5.64. The number of hydrogen-bond acceptors (Lipinski definition) is 5. The number of aryl methyl sites for hydroxylation is 3. The van der Waals surface area contributed by atoms with Crippen molar-refractivity contribution in [1.29, 1.82) is 0 Å². The molecule has 160 valence electrons. The van der Waals surface area contributed by atoms with Gasteiger partial charge in [0, 0.05) is 63.3 Å². The largest absolute Gasteiger partial charge is 0.368 e. The van der Waals surface area contributed by atoms with Crippen molar-refractivity contribution >= 4 is 33.8 Å². The van der Waals surface area contributed by atoms with Crippen LogP contribution in [0.2, 0.25) is 0 Å². The summed E-state index contributed by atoms with van der Waals surface area (Å²) < 4.78 is 17.7. The minimum Gasteiger partial charge on any atom is -0.368 e. The molecule has 31 heavy (non-hydrogen) atoms. The quantitative estimate of drug-likeness (QED) is 0.532. The van der Waals surface area contributed by atoms with Gasteiger partial charge in [0.25, 0.3) is 5.91 Å². The fourth-order valence-corrected chi connectivity index (χ4v) is 4.35. The molecule has 0 aliphatic carbocycles. The minimum absolute atomic E-state index is 0.235. The van der Waals surface area contributed by atoms with Crippen molar-refractivity contribution < 1.29 is 9.18 Å². The lowest BCUT2D eigenvalue weighted by Crippen LogP contribution is -2.43. The van der Waals surface area contributed by atoms with Crippen molar-refractivity contribution in [3.8, 4) is 0 Å². The fourth-order valence-electron chi connectivity index (χ4n) is 4.35. The van der Waals surface area contributed by atoms with Gasteiger partial charge >= 0.3 is 0 Å². The highest BCUT2D eigenvalue weighted by molar-refractivity contribution is 6.14. The molecule has 1 aliphatic heterocycles. The van der Waals surface area contributed by atoms with Gasteiger partial charge in [-0.25, -0.2) is 9.37 Å². The van der Waals surface area contributed by atoms with Gasteiger partial charge in [-0.05, 0) is 25.5 Å². The average molecular weight is 421 g/mol. The molecular weight excluding hydrogens is 397 g/mol. The molecule has 5 rings (SSSR count). The second-order valence-electron chi connectivity index (χ2n) is 8.04. The van der Waals surface area contributed by atoms with Crippen LogP contribution in [0.3, 0.4) is 0 Å². The van der Waals surface area contributed by atoms with Crippen LogP contribution >= 0.6 is 0 Å². The summed E-state index contributed by atoms with van der Waals surface area (Å²) in [7, 11) is 1.85. The van der Waals surface area contributed by atoms with Crippen LogP contribution in [-0.2, 0) is 7.05 Å². The maximum Gasteiger partial charge on any atom is 0.258 e. The summed E-state index contributed by atoms with van der Waals surface area (Å²) in [6.07, 6.45) is 5.34. The van der Waals surface area contributed by atoms with Gasteiger partial charge in [-0.2, -0.15) is 5.10 Å². The highest BCUT2D eigenvalue weighted by Gasteiger charge is 2.22. The summed E-state index contributed by atoms with van der Waals surface area (Å²) in [6, 6.07) is 3.16. The van der Waals surface area contributed by atoms with Crippen LogP contribution in [0.5, 0.6) is 0 Å². The van der Waals surface area contributed by atoms with Crippen LogP contribution in [0.25, 0.3) is 16.6 Å². The highest BCUT2D eigenvalue weighted by atomic mass is 19.1. The monoisotopic (exact) mass is 421 g/mol. The van der Waals surface area contributed by atoms with Crippen molar-refractivity contribution in [3.63, 3.8) is 0 Å². The summed E-state index contributed by atoms with van der Waals surface area (Å²) in [4.78, 5) is 19.7. The first kappa shape index (κ1) is 19.5. The Morgan fingerprint density at radius 3 is 2.71 bits per heavy atom. The number of nitrogens with one attached hydrogen (secondary N) is 2. The van der Waals surface area contributed by atoms with Gasteiger partial charge in [0.05, 0.1) is 22.6 Å². The number of hydrogen-bond donors (Lipinski definition) is 2. The first-order valence-corrected chi connectivity index (χ1v) is 10.3. The first-order valence-electron chi connectivity index (χ1n) is 10.3. The number of carbonyl (C=O) groups excluding carboxylic acids is 1. The zero-order chi connectivity index (χ0) is 21.7. The Balaban J connectivity index is 1.55. The Kier molecular flexibility index (Phi) is 4.62. The van der Waals surface area contributed by atoms with E-state index in [1.165, 1.54) is 6.07 Å². The summed E-state index contributed by atoms with van der Waals surface area (Å²) in [5.41, 5.74) is 4.53. The Morgan fingerprint density at radius 1 is 1.16 bits per heavy atom. The van der Waals surface area contributed by atoms with Crippen molar-refractivity contribution in [3.05, 3.63) is 53.4 Å². The minimum atomic E-state index is -0.487. The normalized spacial score (nSPS) is 14.5. The van der Waals surface area contributed by atoms with Crippen molar-refractivity contribution in [2.24, 2.45) is 7.05 Å². The fraction of sp³-hybridized carbons (Fsp3) is 0.318. The van der Waals surface area contributed by atoms with Crippen LogP contribution in [0.4, 0.5) is 15.8 Å². The number of nitrogens with zero attached hydrogens (tertiary/aromatic N) is 5. The van der Waals surface area contributed by atoms with E-state index in [0.29, 0.717) is 22.5 Å². The molecule has 1 fully saturated rings. The molecule has 8 nitrogen and oxygen atoms in total. The number of imidazole rings is 1. The zero-order valence-electron chi connectivity index (χ0n) is 17.7. The molecule has 1 aromatic carbocycles. The maximum atomic E-state index is 14.4. The van der Waals surface area contributed by atoms with Crippen LogP contribution in [0.1, 0.15) is 21.6 Å². The number of carbonyl (C=O) groups is 1. The van der Waals surface area contributed by atoms with Crippen molar-refractivity contribution in [2.75, 3.05) is 36.4 Å². The van der Waals surface area contributed by atoms with E-state index >= 15 is 0 Å². The van der Waals surface area contributed by atoms with E-state index in [-0.39, 0.29) is 11.6 Å². The van der Waals surface area contributed by atoms with Crippen LogP contribution in [0.15, 0.2) is 30.7 Å². The van der Waals surface area contributed by atoms with E-state index < -0.39 is 5.82 Å². The number of amides is 1. The summed E-state index contributed by atoms with van der Waals surface area (Å²) >= 11 is 0. The summed E-state index contributed by atoms with van der Waals surface area (Å²) in [5.74, 6) is -0.812. The Labute approximate surface area is 178 Å². The predicted molar refractivity (Wildman–Crippen MR) is 118 cm³/mol. The molecule has 1 aliphatic rings. The number of anilines is 2. The number of piperazine rings is 1.